The molecule has 0 aromatic rings. The van der Waals surface area contributed by atoms with Crippen LogP contribution in [0.1, 0.15) is 0 Å². The molecule has 0 bridgehead atoms. The van der Waals surface area contributed by atoms with Gasteiger partial charge in [-0.1, -0.05) is 4.52 Å². The van der Waals surface area contributed by atoms with Crippen LogP contribution in [-0.2, 0) is 18.2 Å². The van der Waals surface area contributed by atoms with E-state index in [0.717, 1.165) is 0 Å². The van der Waals surface area contributed by atoms with Gasteiger partial charge in [0.05, 0.1) is 0 Å². The van der Waals surface area contributed by atoms with Gasteiger partial charge < -0.3 is 21.3 Å². The van der Waals surface area contributed by atoms with Crippen molar-refractivity contribution in [3.05, 3.63) is 0 Å². The van der Waals surface area contributed by atoms with E-state index in [1.807, 2.05) is 0 Å². The zero-order valence-corrected chi connectivity index (χ0v) is 12.4. The fourth-order valence-electron chi connectivity index (χ4n) is 0.194. The van der Waals surface area contributed by atoms with Gasteiger partial charge in [0.15, 0.2) is 0 Å². The van der Waals surface area contributed by atoms with Gasteiger partial charge in [0, 0.05) is 4.57 Å². The maximum Gasteiger partial charge on any atom is 1.00 e. The van der Waals surface area contributed by atoms with Gasteiger partial charge in [-0.25, -0.2) is 0 Å². The van der Waals surface area contributed by atoms with Crippen molar-refractivity contribution in [3.63, 3.8) is 0 Å². The first-order valence-electron chi connectivity index (χ1n) is 1.90. The van der Waals surface area contributed by atoms with Crippen molar-refractivity contribution < 1.29 is 74.0 Å². The molecule has 0 heterocycles. The average Bonchev–Trinajstić information content (AvgIpc) is 1.53. The van der Waals surface area contributed by atoms with Gasteiger partial charge in [0.25, 0.3) is 0 Å². The summed E-state index contributed by atoms with van der Waals surface area (Å²) in [5.41, 5.74) is 0. The van der Waals surface area contributed by atoms with Crippen molar-refractivity contribution in [2.24, 2.45) is 0 Å². The van der Waals surface area contributed by atoms with Crippen LogP contribution in [0.25, 0.3) is 0 Å². The second kappa shape index (κ2) is 13.6. The Balaban J connectivity index is -0.0000000833. The summed E-state index contributed by atoms with van der Waals surface area (Å²) in [6.07, 6.45) is 0. The minimum atomic E-state index is -3.35. The average molecular weight is 319 g/mol. The molecule has 0 spiro atoms. The molecule has 0 saturated carbocycles. The third-order valence-electron chi connectivity index (χ3n) is 0.365. The molecule has 2 unspecified atom stereocenters. The molecule has 0 aromatic carbocycles. The van der Waals surface area contributed by atoms with Crippen molar-refractivity contribution in [1.29, 1.82) is 0 Å². The molecule has 0 saturated heterocycles. The summed E-state index contributed by atoms with van der Waals surface area (Å²) in [6.45, 7) is 0. The molecule has 0 aromatic heterocycles. The third kappa shape index (κ3) is 21.4. The van der Waals surface area contributed by atoms with E-state index in [4.69, 9.17) is 28.1 Å². The molecule has 0 aliphatic carbocycles. The zero-order valence-electron chi connectivity index (χ0n) is 7.14. The number of hydrogen-bond donors (Lipinski definition) is 1. The SMILES string of the molecule is O.O.O.O=[P+]([O-])OC(Cl)(Cl)O[P+](=O)O.[Na+]. The standard InChI is InChI=1S/CCl2O6P2.Na.3H2O/c2-1(3,8-10(4)5)9-11(6)7;;;;/h;;3*1H2/q;+1;;;/p+1. The van der Waals surface area contributed by atoms with Gasteiger partial charge in [-0.3, -0.25) is 0 Å². The van der Waals surface area contributed by atoms with Crippen LogP contribution in [0.5, 0.6) is 0 Å². The summed E-state index contributed by atoms with van der Waals surface area (Å²) in [5, 5.41) is 0. The van der Waals surface area contributed by atoms with Crippen LogP contribution >= 0.6 is 39.7 Å². The maximum atomic E-state index is 9.88. The molecule has 9 nitrogen and oxygen atoms in total. The molecule has 2 atom stereocenters. The van der Waals surface area contributed by atoms with Crippen LogP contribution in [0.4, 0.5) is 0 Å². The summed E-state index contributed by atoms with van der Waals surface area (Å²) in [5.74, 6) is 0. The van der Waals surface area contributed by atoms with Gasteiger partial charge in [-0.05, 0) is 32.3 Å². The second-order valence-electron chi connectivity index (χ2n) is 1.11. The smallest absolute Gasteiger partial charge is 0.566 e. The van der Waals surface area contributed by atoms with Crippen LogP contribution in [-0.4, -0.2) is 26.0 Å². The molecule has 0 aliphatic heterocycles. The number of hydrogen-bond acceptors (Lipinski definition) is 5. The summed E-state index contributed by atoms with van der Waals surface area (Å²) in [4.78, 5) is 17.8. The third-order valence-corrected chi connectivity index (χ3v) is 1.92. The zero-order chi connectivity index (χ0) is 9.07. The van der Waals surface area contributed by atoms with Crippen LogP contribution in [0.15, 0.2) is 0 Å². The monoisotopic (exact) mass is 318 g/mol. The summed E-state index contributed by atoms with van der Waals surface area (Å²) in [6, 6.07) is 0. The first-order chi connectivity index (χ1) is 4.83. The second-order valence-corrected chi connectivity index (χ2v) is 3.58. The minimum absolute atomic E-state index is 0. The summed E-state index contributed by atoms with van der Waals surface area (Å²) in [7, 11) is -6.47. The summed E-state index contributed by atoms with van der Waals surface area (Å²) >= 11 is 9.84. The van der Waals surface area contributed by atoms with Gasteiger partial charge >= 0.3 is 50.8 Å². The van der Waals surface area contributed by atoms with E-state index in [1.54, 1.807) is 0 Å². The van der Waals surface area contributed by atoms with Crippen molar-refractivity contribution in [2.45, 2.75) is 4.71 Å². The normalized spacial score (nSPS) is 10.7. The molecule has 7 N–H and O–H groups in total. The van der Waals surface area contributed by atoms with Crippen molar-refractivity contribution in [2.75, 3.05) is 0 Å². The van der Waals surface area contributed by atoms with Crippen LogP contribution in [0.3, 0.4) is 0 Å². The molecule has 0 rings (SSSR count). The number of alkyl halides is 2. The first-order valence-corrected chi connectivity index (χ1v) is 4.88. The van der Waals surface area contributed by atoms with E-state index in [0.29, 0.717) is 0 Å². The Kier molecular flexibility index (Phi) is 27.1. The Bertz CT molecular complexity index is 169. The Morgan fingerprint density at radius 2 is 1.47 bits per heavy atom. The van der Waals surface area contributed by atoms with Gasteiger partial charge in [-0.2, -0.15) is 0 Å². The molecule has 0 radical (unpaired) electrons. The predicted octanol–water partition coefficient (Wildman–Crippen LogP) is -4.69. The Morgan fingerprint density at radius 1 is 1.13 bits per heavy atom. The maximum absolute atomic E-state index is 9.88. The molecule has 15 heavy (non-hydrogen) atoms. The van der Waals surface area contributed by atoms with Gasteiger partial charge in [0.2, 0.25) is 0 Å². The van der Waals surface area contributed by atoms with Crippen molar-refractivity contribution in [1.82, 2.24) is 0 Å². The molecule has 14 heteroatoms. The molecule has 88 valence electrons. The van der Waals surface area contributed by atoms with E-state index < -0.39 is 21.2 Å². The van der Waals surface area contributed by atoms with E-state index in [2.05, 4.69) is 9.05 Å². The largest absolute Gasteiger partial charge is 1.00 e. The van der Waals surface area contributed by atoms with Gasteiger partial charge in [0.1, 0.15) is 0 Å². The topological polar surface area (TPSA) is 190 Å². The van der Waals surface area contributed by atoms with Gasteiger partial charge in [-0.15, -0.1) is 4.89 Å². The quantitative estimate of drug-likeness (QED) is 0.234. The van der Waals surface area contributed by atoms with E-state index >= 15 is 0 Å². The Morgan fingerprint density at radius 3 is 1.67 bits per heavy atom. The van der Waals surface area contributed by atoms with Crippen LogP contribution in [0, 0.1) is 0 Å². The van der Waals surface area contributed by atoms with Crippen LogP contribution < -0.4 is 34.5 Å². The van der Waals surface area contributed by atoms with E-state index in [1.165, 1.54) is 0 Å². The Hall–Kier alpha value is 1.50. The summed E-state index contributed by atoms with van der Waals surface area (Å²) < 4.78 is 24.4. The fraction of sp³-hybridized carbons (Fsp3) is 1.00. The molecule has 0 fully saturated rings. The van der Waals surface area contributed by atoms with E-state index in [-0.39, 0.29) is 46.0 Å². The Labute approximate surface area is 118 Å². The molecular weight excluding hydrogens is 312 g/mol. The first kappa shape index (κ1) is 30.0. The minimum Gasteiger partial charge on any atom is -0.566 e. The molecule has 0 aliphatic rings. The number of rotatable bonds is 4. The van der Waals surface area contributed by atoms with Crippen LogP contribution in [0.2, 0.25) is 0 Å². The number of halogens is 2. The van der Waals surface area contributed by atoms with E-state index in [9.17, 15) is 14.0 Å². The molecule has 0 amide bonds. The van der Waals surface area contributed by atoms with Crippen molar-refractivity contribution in [3.8, 4) is 0 Å². The predicted molar refractivity (Wildman–Crippen MR) is 44.9 cm³/mol. The van der Waals surface area contributed by atoms with Crippen molar-refractivity contribution >= 4 is 39.7 Å². The molecular formula is CH7Cl2NaO9P2+2. The fourth-order valence-corrected chi connectivity index (χ4v) is 1.38.